The van der Waals surface area contributed by atoms with E-state index >= 15 is 0 Å². The van der Waals surface area contributed by atoms with Crippen molar-refractivity contribution in [3.63, 3.8) is 0 Å². The molecular weight excluding hydrogens is 210 g/mol. The zero-order valence-corrected chi connectivity index (χ0v) is 9.68. The normalized spacial score (nSPS) is 26.3. The minimum atomic E-state index is -0.0943. The summed E-state index contributed by atoms with van der Waals surface area (Å²) in [5, 5.41) is 4.07. The summed E-state index contributed by atoms with van der Waals surface area (Å²) in [5.41, 5.74) is -0.0943. The molecule has 3 heteroatoms. The topological polar surface area (TPSA) is 21.3 Å². The molecule has 2 rings (SSSR count). The van der Waals surface area contributed by atoms with Crippen LogP contribution in [0, 0.1) is 0 Å². The van der Waals surface area contributed by atoms with Crippen LogP contribution in [-0.2, 0) is 0 Å². The molecule has 0 spiro atoms. The van der Waals surface area contributed by atoms with Crippen molar-refractivity contribution in [1.29, 1.82) is 0 Å². The Kier molecular flexibility index (Phi) is 3.17. The van der Waals surface area contributed by atoms with Crippen LogP contribution in [0.2, 0.25) is 5.02 Å². The van der Waals surface area contributed by atoms with Gasteiger partial charge in [0.2, 0.25) is 0 Å². The second kappa shape index (κ2) is 4.42. The van der Waals surface area contributed by atoms with Gasteiger partial charge in [-0.2, -0.15) is 0 Å². The zero-order chi connectivity index (χ0) is 10.7. The van der Waals surface area contributed by atoms with Crippen molar-refractivity contribution < 1.29 is 4.74 Å². The third kappa shape index (κ3) is 2.86. The lowest BCUT2D eigenvalue weighted by atomic mass is 9.96. The quantitative estimate of drug-likeness (QED) is 0.836. The predicted octanol–water partition coefficient (Wildman–Crippen LogP) is 2.86. The van der Waals surface area contributed by atoms with Gasteiger partial charge in [0.25, 0.3) is 0 Å². The van der Waals surface area contributed by atoms with Crippen LogP contribution in [0.4, 0.5) is 0 Å². The van der Waals surface area contributed by atoms with Crippen LogP contribution in [0.1, 0.15) is 19.8 Å². The largest absolute Gasteiger partial charge is 0.486 e. The molecule has 1 aliphatic rings. The Morgan fingerprint density at radius 1 is 1.47 bits per heavy atom. The molecule has 82 valence electrons. The lowest BCUT2D eigenvalue weighted by Crippen LogP contribution is -2.47. The Balaban J connectivity index is 2.06. The van der Waals surface area contributed by atoms with Gasteiger partial charge in [-0.25, -0.2) is 0 Å². The van der Waals surface area contributed by atoms with Crippen molar-refractivity contribution in [1.82, 2.24) is 5.32 Å². The third-order valence-electron chi connectivity index (χ3n) is 2.72. The molecule has 0 aliphatic carbocycles. The maximum Gasteiger partial charge on any atom is 0.121 e. The van der Waals surface area contributed by atoms with Gasteiger partial charge in [0.15, 0.2) is 0 Å². The van der Waals surface area contributed by atoms with Crippen LogP contribution in [0.3, 0.4) is 0 Å². The van der Waals surface area contributed by atoms with Crippen LogP contribution >= 0.6 is 11.6 Å². The molecular formula is C12H16ClNO. The maximum atomic E-state index is 5.98. The minimum Gasteiger partial charge on any atom is -0.486 e. The predicted molar refractivity (Wildman–Crippen MR) is 62.6 cm³/mol. The Bertz CT molecular complexity index is 334. The van der Waals surface area contributed by atoms with E-state index in [1.54, 1.807) is 0 Å². The number of ether oxygens (including phenoxy) is 1. The Labute approximate surface area is 95.6 Å². The summed E-state index contributed by atoms with van der Waals surface area (Å²) in [5.74, 6) is 0.855. The second-order valence-corrected chi connectivity index (χ2v) is 4.73. The summed E-state index contributed by atoms with van der Waals surface area (Å²) in [6, 6.07) is 7.58. The second-order valence-electron chi connectivity index (χ2n) is 4.29. The SMILES string of the molecule is CC1(Oc2cccc(Cl)c2)CCCNC1. The molecule has 1 heterocycles. The number of benzene rings is 1. The van der Waals surface area contributed by atoms with Crippen molar-refractivity contribution in [3.8, 4) is 5.75 Å². The zero-order valence-electron chi connectivity index (χ0n) is 8.92. The first kappa shape index (κ1) is 10.8. The van der Waals surface area contributed by atoms with Crippen LogP contribution in [-0.4, -0.2) is 18.7 Å². The van der Waals surface area contributed by atoms with Crippen molar-refractivity contribution >= 4 is 11.6 Å². The first-order valence-corrected chi connectivity index (χ1v) is 5.71. The van der Waals surface area contributed by atoms with Crippen molar-refractivity contribution in [3.05, 3.63) is 29.3 Å². The van der Waals surface area contributed by atoms with Gasteiger partial charge in [-0.15, -0.1) is 0 Å². The fourth-order valence-electron chi connectivity index (χ4n) is 1.93. The van der Waals surface area contributed by atoms with E-state index in [1.165, 1.54) is 0 Å². The summed E-state index contributed by atoms with van der Waals surface area (Å²) >= 11 is 5.91. The Morgan fingerprint density at radius 3 is 3.00 bits per heavy atom. The van der Waals surface area contributed by atoms with E-state index < -0.39 is 0 Å². The average molecular weight is 226 g/mol. The first-order valence-electron chi connectivity index (χ1n) is 5.33. The molecule has 1 atom stereocenters. The number of rotatable bonds is 2. The number of hydrogen-bond acceptors (Lipinski definition) is 2. The van der Waals surface area contributed by atoms with Crippen molar-refractivity contribution in [2.45, 2.75) is 25.4 Å². The molecule has 1 aliphatic heterocycles. The van der Waals surface area contributed by atoms with E-state index in [9.17, 15) is 0 Å². The molecule has 1 aromatic carbocycles. The maximum absolute atomic E-state index is 5.98. The molecule has 1 fully saturated rings. The Morgan fingerprint density at radius 2 is 2.33 bits per heavy atom. The molecule has 0 saturated carbocycles. The molecule has 15 heavy (non-hydrogen) atoms. The molecule has 1 N–H and O–H groups in total. The minimum absolute atomic E-state index is 0.0943. The fraction of sp³-hybridized carbons (Fsp3) is 0.500. The standard InChI is InChI=1S/C12H16ClNO/c1-12(6-3-7-14-9-12)15-11-5-2-4-10(13)8-11/h2,4-5,8,14H,3,6-7,9H2,1H3. The molecule has 2 nitrogen and oxygen atoms in total. The summed E-state index contributed by atoms with van der Waals surface area (Å²) < 4.78 is 5.98. The van der Waals surface area contributed by atoms with E-state index in [0.717, 1.165) is 36.7 Å². The van der Waals surface area contributed by atoms with E-state index in [2.05, 4.69) is 12.2 Å². The van der Waals surface area contributed by atoms with Gasteiger partial charge >= 0.3 is 0 Å². The lowest BCUT2D eigenvalue weighted by molar-refractivity contribution is 0.0615. The van der Waals surface area contributed by atoms with Gasteiger partial charge in [-0.1, -0.05) is 17.7 Å². The lowest BCUT2D eigenvalue weighted by Gasteiger charge is -2.34. The van der Waals surface area contributed by atoms with Crippen LogP contribution < -0.4 is 10.1 Å². The van der Waals surface area contributed by atoms with E-state index in [-0.39, 0.29) is 5.60 Å². The molecule has 1 unspecified atom stereocenters. The van der Waals surface area contributed by atoms with Gasteiger partial charge < -0.3 is 10.1 Å². The van der Waals surface area contributed by atoms with Crippen molar-refractivity contribution in [2.75, 3.05) is 13.1 Å². The molecule has 1 aromatic rings. The summed E-state index contributed by atoms with van der Waals surface area (Å²) in [7, 11) is 0. The molecule has 0 bridgehead atoms. The molecule has 0 radical (unpaired) electrons. The molecule has 1 saturated heterocycles. The van der Waals surface area contributed by atoms with Crippen molar-refractivity contribution in [2.24, 2.45) is 0 Å². The summed E-state index contributed by atoms with van der Waals surface area (Å²) in [6.45, 7) is 4.13. The van der Waals surface area contributed by atoms with Gasteiger partial charge in [-0.3, -0.25) is 0 Å². The average Bonchev–Trinajstić information content (AvgIpc) is 2.18. The Hall–Kier alpha value is -0.730. The first-order chi connectivity index (χ1) is 7.18. The van der Waals surface area contributed by atoms with Crippen LogP contribution in [0.15, 0.2) is 24.3 Å². The fourth-order valence-corrected chi connectivity index (χ4v) is 2.11. The highest BCUT2D eigenvalue weighted by Crippen LogP contribution is 2.26. The van der Waals surface area contributed by atoms with Gasteiger partial charge in [0.1, 0.15) is 11.4 Å². The number of piperidine rings is 1. The van der Waals surface area contributed by atoms with E-state index in [1.807, 2.05) is 24.3 Å². The van der Waals surface area contributed by atoms with E-state index in [0.29, 0.717) is 0 Å². The summed E-state index contributed by atoms with van der Waals surface area (Å²) in [4.78, 5) is 0. The molecule has 0 aromatic heterocycles. The van der Waals surface area contributed by atoms with E-state index in [4.69, 9.17) is 16.3 Å². The summed E-state index contributed by atoms with van der Waals surface area (Å²) in [6.07, 6.45) is 2.25. The molecule has 0 amide bonds. The highest BCUT2D eigenvalue weighted by Gasteiger charge is 2.28. The van der Waals surface area contributed by atoms with Gasteiger partial charge in [0, 0.05) is 11.6 Å². The van der Waals surface area contributed by atoms with Gasteiger partial charge in [0.05, 0.1) is 0 Å². The third-order valence-corrected chi connectivity index (χ3v) is 2.95. The van der Waals surface area contributed by atoms with Crippen LogP contribution in [0.5, 0.6) is 5.75 Å². The van der Waals surface area contributed by atoms with Crippen LogP contribution in [0.25, 0.3) is 0 Å². The highest BCUT2D eigenvalue weighted by atomic mass is 35.5. The number of halogens is 1. The smallest absolute Gasteiger partial charge is 0.121 e. The monoisotopic (exact) mass is 225 g/mol. The number of hydrogen-bond donors (Lipinski definition) is 1. The highest BCUT2D eigenvalue weighted by molar-refractivity contribution is 6.30. The number of nitrogens with one attached hydrogen (secondary N) is 1. The van der Waals surface area contributed by atoms with Gasteiger partial charge in [-0.05, 0) is 44.5 Å².